The molecule has 0 aliphatic carbocycles. The highest BCUT2D eigenvalue weighted by molar-refractivity contribution is 5.56. The molecule has 0 amide bonds. The van der Waals surface area contributed by atoms with Crippen molar-refractivity contribution < 1.29 is 4.52 Å². The molecular weight excluding hydrogens is 244 g/mol. The first-order valence-electron chi connectivity index (χ1n) is 5.83. The molecule has 0 saturated heterocycles. The van der Waals surface area contributed by atoms with Crippen LogP contribution >= 0.6 is 0 Å². The summed E-state index contributed by atoms with van der Waals surface area (Å²) >= 11 is 0. The van der Waals surface area contributed by atoms with Crippen molar-refractivity contribution in [3.8, 4) is 11.3 Å². The SMILES string of the molecule is Cn1cnn(Cc2cc(-c3ccccc3)on2)c1=O. The van der Waals surface area contributed by atoms with Gasteiger partial charge in [-0.3, -0.25) is 4.57 Å². The maximum absolute atomic E-state index is 11.7. The summed E-state index contributed by atoms with van der Waals surface area (Å²) in [6, 6.07) is 11.5. The minimum absolute atomic E-state index is 0.177. The second kappa shape index (κ2) is 4.56. The van der Waals surface area contributed by atoms with Crippen LogP contribution in [0, 0.1) is 0 Å². The van der Waals surface area contributed by atoms with Crippen LogP contribution in [0.1, 0.15) is 5.69 Å². The van der Waals surface area contributed by atoms with Gasteiger partial charge in [-0.05, 0) is 0 Å². The van der Waals surface area contributed by atoms with Gasteiger partial charge in [-0.2, -0.15) is 5.10 Å². The number of hydrogen-bond acceptors (Lipinski definition) is 4. The minimum atomic E-state index is -0.177. The van der Waals surface area contributed by atoms with Crippen molar-refractivity contribution in [1.29, 1.82) is 0 Å². The lowest BCUT2D eigenvalue weighted by Gasteiger charge is -1.93. The number of aromatic nitrogens is 4. The van der Waals surface area contributed by atoms with Gasteiger partial charge >= 0.3 is 5.69 Å². The van der Waals surface area contributed by atoms with Gasteiger partial charge < -0.3 is 4.52 Å². The van der Waals surface area contributed by atoms with Crippen molar-refractivity contribution in [2.75, 3.05) is 0 Å². The van der Waals surface area contributed by atoms with Gasteiger partial charge in [-0.15, -0.1) is 0 Å². The Morgan fingerprint density at radius 3 is 2.74 bits per heavy atom. The van der Waals surface area contributed by atoms with E-state index in [0.29, 0.717) is 18.0 Å². The molecule has 0 saturated carbocycles. The molecule has 1 aromatic carbocycles. The molecule has 0 aliphatic heterocycles. The lowest BCUT2D eigenvalue weighted by molar-refractivity contribution is 0.418. The van der Waals surface area contributed by atoms with Gasteiger partial charge in [0.05, 0.1) is 6.54 Å². The van der Waals surface area contributed by atoms with Gasteiger partial charge in [0.1, 0.15) is 12.0 Å². The molecule has 0 aliphatic rings. The smallest absolute Gasteiger partial charge is 0.345 e. The molecule has 2 heterocycles. The van der Waals surface area contributed by atoms with Crippen molar-refractivity contribution in [1.82, 2.24) is 19.5 Å². The van der Waals surface area contributed by atoms with E-state index in [-0.39, 0.29) is 5.69 Å². The first-order chi connectivity index (χ1) is 9.24. The molecule has 3 rings (SSSR count). The molecule has 6 nitrogen and oxygen atoms in total. The van der Waals surface area contributed by atoms with Crippen molar-refractivity contribution in [3.05, 3.63) is 58.9 Å². The highest BCUT2D eigenvalue weighted by atomic mass is 16.5. The zero-order chi connectivity index (χ0) is 13.2. The lowest BCUT2D eigenvalue weighted by Crippen LogP contribution is -2.23. The quantitative estimate of drug-likeness (QED) is 0.708. The van der Waals surface area contributed by atoms with E-state index in [2.05, 4.69) is 10.3 Å². The van der Waals surface area contributed by atoms with Crippen molar-refractivity contribution in [2.45, 2.75) is 6.54 Å². The molecule has 0 spiro atoms. The molecule has 96 valence electrons. The van der Waals surface area contributed by atoms with Gasteiger partial charge in [-0.25, -0.2) is 9.48 Å². The molecular formula is C13H12N4O2. The van der Waals surface area contributed by atoms with E-state index >= 15 is 0 Å². The molecule has 0 fully saturated rings. The molecule has 0 unspecified atom stereocenters. The van der Waals surface area contributed by atoms with Crippen LogP contribution in [0.3, 0.4) is 0 Å². The fourth-order valence-corrected chi connectivity index (χ4v) is 1.81. The number of nitrogens with zero attached hydrogens (tertiary/aromatic N) is 4. The molecule has 0 bridgehead atoms. The zero-order valence-electron chi connectivity index (χ0n) is 10.4. The fourth-order valence-electron chi connectivity index (χ4n) is 1.81. The fraction of sp³-hybridized carbons (Fsp3) is 0.154. The van der Waals surface area contributed by atoms with Crippen LogP contribution in [0.5, 0.6) is 0 Å². The average Bonchev–Trinajstić information content (AvgIpc) is 3.02. The Morgan fingerprint density at radius 2 is 2.05 bits per heavy atom. The van der Waals surface area contributed by atoms with Gasteiger partial charge in [0.25, 0.3) is 0 Å². The topological polar surface area (TPSA) is 65.8 Å². The predicted molar refractivity (Wildman–Crippen MR) is 68.5 cm³/mol. The molecule has 2 aromatic heterocycles. The average molecular weight is 256 g/mol. The van der Waals surface area contributed by atoms with Crippen LogP contribution in [0.2, 0.25) is 0 Å². The van der Waals surface area contributed by atoms with Crippen LogP contribution in [0.25, 0.3) is 11.3 Å². The Labute approximate surface area is 108 Å². The van der Waals surface area contributed by atoms with Crippen LogP contribution in [-0.4, -0.2) is 19.5 Å². The first-order valence-corrected chi connectivity index (χ1v) is 5.83. The summed E-state index contributed by atoms with van der Waals surface area (Å²) in [5, 5.41) is 7.93. The van der Waals surface area contributed by atoms with Crippen LogP contribution < -0.4 is 5.69 Å². The highest BCUT2D eigenvalue weighted by Crippen LogP contribution is 2.19. The standard InChI is InChI=1S/C13H12N4O2/c1-16-9-14-17(13(16)18)8-11-7-12(19-15-11)10-5-3-2-4-6-10/h2-7,9H,8H2,1H3. The highest BCUT2D eigenvalue weighted by Gasteiger charge is 2.09. The summed E-state index contributed by atoms with van der Waals surface area (Å²) in [5.74, 6) is 0.680. The van der Waals surface area contributed by atoms with E-state index in [1.165, 1.54) is 15.6 Å². The normalized spacial score (nSPS) is 10.8. The number of hydrogen-bond donors (Lipinski definition) is 0. The van der Waals surface area contributed by atoms with Gasteiger partial charge in [-0.1, -0.05) is 35.5 Å². The molecule has 6 heteroatoms. The van der Waals surface area contributed by atoms with Gasteiger partial charge in [0.2, 0.25) is 0 Å². The summed E-state index contributed by atoms with van der Waals surface area (Å²) < 4.78 is 8.02. The maximum Gasteiger partial charge on any atom is 0.345 e. The second-order valence-electron chi connectivity index (χ2n) is 4.23. The van der Waals surface area contributed by atoms with Crippen molar-refractivity contribution >= 4 is 0 Å². The number of benzene rings is 1. The van der Waals surface area contributed by atoms with E-state index in [0.717, 1.165) is 5.56 Å². The lowest BCUT2D eigenvalue weighted by atomic mass is 10.2. The van der Waals surface area contributed by atoms with Crippen molar-refractivity contribution in [3.63, 3.8) is 0 Å². The number of aryl methyl sites for hydroxylation is 1. The summed E-state index contributed by atoms with van der Waals surface area (Å²) in [6.07, 6.45) is 1.47. The van der Waals surface area contributed by atoms with E-state index < -0.39 is 0 Å². The first kappa shape index (κ1) is 11.5. The Kier molecular flexibility index (Phi) is 2.75. The monoisotopic (exact) mass is 256 g/mol. The van der Waals surface area contributed by atoms with E-state index in [9.17, 15) is 4.79 Å². The Bertz CT molecular complexity index is 739. The van der Waals surface area contributed by atoms with E-state index in [1.54, 1.807) is 7.05 Å². The van der Waals surface area contributed by atoms with E-state index in [4.69, 9.17) is 4.52 Å². The Balaban J connectivity index is 1.86. The third-order valence-electron chi connectivity index (χ3n) is 2.82. The van der Waals surface area contributed by atoms with Crippen LogP contribution in [0.15, 0.2) is 52.0 Å². The molecule has 19 heavy (non-hydrogen) atoms. The Hall–Kier alpha value is -2.63. The largest absolute Gasteiger partial charge is 0.356 e. The molecule has 0 N–H and O–H groups in total. The maximum atomic E-state index is 11.7. The number of rotatable bonds is 3. The third-order valence-corrected chi connectivity index (χ3v) is 2.82. The molecule has 3 aromatic rings. The van der Waals surface area contributed by atoms with Crippen LogP contribution in [0.4, 0.5) is 0 Å². The van der Waals surface area contributed by atoms with E-state index in [1.807, 2.05) is 36.4 Å². The predicted octanol–water partition coefficient (Wildman–Crippen LogP) is 1.29. The third kappa shape index (κ3) is 2.20. The summed E-state index contributed by atoms with van der Waals surface area (Å²) in [6.45, 7) is 0.302. The Morgan fingerprint density at radius 1 is 1.26 bits per heavy atom. The zero-order valence-corrected chi connectivity index (χ0v) is 10.4. The minimum Gasteiger partial charge on any atom is -0.356 e. The molecule has 0 atom stereocenters. The van der Waals surface area contributed by atoms with Gasteiger partial charge in [0.15, 0.2) is 5.76 Å². The molecule has 0 radical (unpaired) electrons. The van der Waals surface area contributed by atoms with Crippen LogP contribution in [-0.2, 0) is 13.6 Å². The van der Waals surface area contributed by atoms with Crippen molar-refractivity contribution in [2.24, 2.45) is 7.05 Å². The summed E-state index contributed by atoms with van der Waals surface area (Å²) in [7, 11) is 1.66. The summed E-state index contributed by atoms with van der Waals surface area (Å²) in [4.78, 5) is 11.7. The second-order valence-corrected chi connectivity index (χ2v) is 4.23. The summed E-state index contributed by atoms with van der Waals surface area (Å²) in [5.41, 5.74) is 1.44. The van der Waals surface area contributed by atoms with Gasteiger partial charge in [0, 0.05) is 18.7 Å².